The van der Waals surface area contributed by atoms with Crippen molar-refractivity contribution in [2.45, 2.75) is 0 Å². The third-order valence-electron chi connectivity index (χ3n) is 3.58. The van der Waals surface area contributed by atoms with E-state index in [2.05, 4.69) is 25.8 Å². The molecule has 0 spiro atoms. The molecule has 0 saturated heterocycles. The minimum absolute atomic E-state index is 0.230. The molecule has 4 rings (SSSR count). The number of nitrogens with one attached hydrogen (secondary N) is 2. The molecule has 2 aromatic carbocycles. The zero-order valence-electron chi connectivity index (χ0n) is 11.7. The van der Waals surface area contributed by atoms with E-state index in [0.29, 0.717) is 5.69 Å². The summed E-state index contributed by atoms with van der Waals surface area (Å²) in [5, 5.41) is 18.6. The standard InChI is InChI=1S/C15H12N6O/c1-16-15(22)14-10-8-9(6-7-11(10)17-19-14)21-13-5-3-2-4-12(13)18-20-21/h2-8H,1H3,(H,16,22)(H,17,19). The second kappa shape index (κ2) is 4.66. The van der Waals surface area contributed by atoms with Crippen LogP contribution in [0, 0.1) is 0 Å². The minimum atomic E-state index is -0.230. The smallest absolute Gasteiger partial charge is 0.272 e. The number of aromatic nitrogens is 5. The lowest BCUT2D eigenvalue weighted by atomic mass is 10.1. The van der Waals surface area contributed by atoms with E-state index in [9.17, 15) is 4.79 Å². The van der Waals surface area contributed by atoms with Crippen LogP contribution >= 0.6 is 0 Å². The molecule has 108 valence electrons. The SMILES string of the molecule is CNC(=O)c1n[nH]c2ccc(-n3nnc4ccccc43)cc12. The average molecular weight is 292 g/mol. The summed E-state index contributed by atoms with van der Waals surface area (Å²) >= 11 is 0. The summed E-state index contributed by atoms with van der Waals surface area (Å²) in [6.07, 6.45) is 0. The Labute approximate surface area is 124 Å². The molecule has 0 unspecified atom stereocenters. The normalized spacial score (nSPS) is 11.1. The van der Waals surface area contributed by atoms with Crippen molar-refractivity contribution in [2.24, 2.45) is 0 Å². The third-order valence-corrected chi connectivity index (χ3v) is 3.58. The maximum Gasteiger partial charge on any atom is 0.272 e. The Bertz CT molecular complexity index is 1000. The Balaban J connectivity index is 1.94. The van der Waals surface area contributed by atoms with Crippen LogP contribution in [0.5, 0.6) is 0 Å². The summed E-state index contributed by atoms with van der Waals surface area (Å²) in [6.45, 7) is 0. The first-order valence-electron chi connectivity index (χ1n) is 6.79. The van der Waals surface area contributed by atoms with Crippen LogP contribution in [-0.2, 0) is 0 Å². The summed E-state index contributed by atoms with van der Waals surface area (Å²) in [6, 6.07) is 13.4. The van der Waals surface area contributed by atoms with Crippen molar-refractivity contribution in [1.82, 2.24) is 30.5 Å². The second-order valence-corrected chi connectivity index (χ2v) is 4.87. The first kappa shape index (κ1) is 12.5. The molecule has 7 heteroatoms. The Morgan fingerprint density at radius 2 is 2.09 bits per heavy atom. The first-order valence-corrected chi connectivity index (χ1v) is 6.79. The van der Waals surface area contributed by atoms with Gasteiger partial charge in [-0.2, -0.15) is 5.10 Å². The van der Waals surface area contributed by atoms with Gasteiger partial charge in [-0.15, -0.1) is 5.10 Å². The minimum Gasteiger partial charge on any atom is -0.354 e. The highest BCUT2D eigenvalue weighted by atomic mass is 16.1. The molecule has 0 fully saturated rings. The molecule has 4 aromatic rings. The van der Waals surface area contributed by atoms with E-state index in [0.717, 1.165) is 27.6 Å². The first-order chi connectivity index (χ1) is 10.8. The Kier molecular flexibility index (Phi) is 2.65. The highest BCUT2D eigenvalue weighted by Gasteiger charge is 2.14. The van der Waals surface area contributed by atoms with Crippen LogP contribution in [0.1, 0.15) is 10.5 Å². The molecule has 0 saturated carbocycles. The fraction of sp³-hybridized carbons (Fsp3) is 0.0667. The number of benzene rings is 2. The van der Waals surface area contributed by atoms with E-state index in [1.54, 1.807) is 11.7 Å². The Morgan fingerprint density at radius 3 is 2.95 bits per heavy atom. The van der Waals surface area contributed by atoms with Crippen LogP contribution in [0.2, 0.25) is 0 Å². The number of aromatic amines is 1. The molecule has 2 aromatic heterocycles. The lowest BCUT2D eigenvalue weighted by Crippen LogP contribution is -2.18. The van der Waals surface area contributed by atoms with Crippen molar-refractivity contribution in [3.8, 4) is 5.69 Å². The van der Waals surface area contributed by atoms with Crippen LogP contribution in [-0.4, -0.2) is 38.1 Å². The number of nitrogens with zero attached hydrogens (tertiary/aromatic N) is 4. The largest absolute Gasteiger partial charge is 0.354 e. The summed E-state index contributed by atoms with van der Waals surface area (Å²) in [7, 11) is 1.58. The van der Waals surface area contributed by atoms with Gasteiger partial charge in [0, 0.05) is 12.4 Å². The van der Waals surface area contributed by atoms with E-state index in [1.165, 1.54) is 0 Å². The number of hydrogen-bond acceptors (Lipinski definition) is 4. The van der Waals surface area contributed by atoms with Gasteiger partial charge in [-0.1, -0.05) is 17.3 Å². The highest BCUT2D eigenvalue weighted by Crippen LogP contribution is 2.22. The number of carbonyl (C=O) groups excluding carboxylic acids is 1. The maximum atomic E-state index is 11.9. The van der Waals surface area contributed by atoms with Crippen LogP contribution < -0.4 is 5.32 Å². The lowest BCUT2D eigenvalue weighted by Gasteiger charge is -2.03. The number of fused-ring (bicyclic) bond motifs is 2. The van der Waals surface area contributed by atoms with Gasteiger partial charge in [-0.3, -0.25) is 9.89 Å². The van der Waals surface area contributed by atoms with Crippen LogP contribution in [0.15, 0.2) is 42.5 Å². The molecular formula is C15H12N6O. The van der Waals surface area contributed by atoms with Crippen LogP contribution in [0.3, 0.4) is 0 Å². The third kappa shape index (κ3) is 1.76. The topological polar surface area (TPSA) is 88.5 Å². The highest BCUT2D eigenvalue weighted by molar-refractivity contribution is 6.05. The predicted octanol–water partition coefficient (Wildman–Crippen LogP) is 1.66. The molecule has 0 aliphatic heterocycles. The molecule has 0 bridgehead atoms. The number of carbonyl (C=O) groups is 1. The molecule has 2 heterocycles. The summed E-state index contributed by atoms with van der Waals surface area (Å²) in [5.41, 5.74) is 3.72. The molecule has 1 amide bonds. The Hall–Kier alpha value is -3.22. The number of H-pyrrole nitrogens is 1. The van der Waals surface area contributed by atoms with Crippen molar-refractivity contribution in [3.63, 3.8) is 0 Å². The van der Waals surface area contributed by atoms with Gasteiger partial charge in [-0.05, 0) is 30.3 Å². The summed E-state index contributed by atoms with van der Waals surface area (Å²) in [5.74, 6) is -0.230. The summed E-state index contributed by atoms with van der Waals surface area (Å²) in [4.78, 5) is 11.9. The number of amides is 1. The molecule has 2 N–H and O–H groups in total. The van der Waals surface area contributed by atoms with Crippen molar-refractivity contribution in [1.29, 1.82) is 0 Å². The Morgan fingerprint density at radius 1 is 1.23 bits per heavy atom. The van der Waals surface area contributed by atoms with Gasteiger partial charge in [0.15, 0.2) is 5.69 Å². The second-order valence-electron chi connectivity index (χ2n) is 4.87. The van der Waals surface area contributed by atoms with Crippen molar-refractivity contribution < 1.29 is 4.79 Å². The van der Waals surface area contributed by atoms with E-state index in [4.69, 9.17) is 0 Å². The van der Waals surface area contributed by atoms with E-state index >= 15 is 0 Å². The fourth-order valence-electron chi connectivity index (χ4n) is 2.48. The molecule has 0 aliphatic rings. The zero-order valence-corrected chi connectivity index (χ0v) is 11.7. The van der Waals surface area contributed by atoms with Crippen LogP contribution in [0.25, 0.3) is 27.6 Å². The molecule has 22 heavy (non-hydrogen) atoms. The summed E-state index contributed by atoms with van der Waals surface area (Å²) < 4.78 is 1.75. The number of hydrogen-bond donors (Lipinski definition) is 2. The predicted molar refractivity (Wildman–Crippen MR) is 81.9 cm³/mol. The van der Waals surface area contributed by atoms with Gasteiger partial charge in [0.05, 0.1) is 16.7 Å². The number of rotatable bonds is 2. The van der Waals surface area contributed by atoms with Gasteiger partial charge >= 0.3 is 0 Å². The number of para-hydroxylation sites is 1. The van der Waals surface area contributed by atoms with Crippen LogP contribution in [0.4, 0.5) is 0 Å². The van der Waals surface area contributed by atoms with Gasteiger partial charge in [0.1, 0.15) is 5.52 Å². The molecule has 0 radical (unpaired) electrons. The molecule has 0 aliphatic carbocycles. The van der Waals surface area contributed by atoms with Gasteiger partial charge in [0.2, 0.25) is 0 Å². The van der Waals surface area contributed by atoms with Crippen molar-refractivity contribution >= 4 is 27.8 Å². The van der Waals surface area contributed by atoms with E-state index < -0.39 is 0 Å². The van der Waals surface area contributed by atoms with Gasteiger partial charge < -0.3 is 5.32 Å². The van der Waals surface area contributed by atoms with Crippen molar-refractivity contribution in [3.05, 3.63) is 48.2 Å². The van der Waals surface area contributed by atoms with Crippen molar-refractivity contribution in [2.75, 3.05) is 7.05 Å². The maximum absolute atomic E-state index is 11.9. The van der Waals surface area contributed by atoms with E-state index in [-0.39, 0.29) is 5.91 Å². The molecule has 7 nitrogen and oxygen atoms in total. The molecular weight excluding hydrogens is 280 g/mol. The average Bonchev–Trinajstić information content (AvgIpc) is 3.17. The van der Waals surface area contributed by atoms with E-state index in [1.807, 2.05) is 42.5 Å². The monoisotopic (exact) mass is 292 g/mol. The zero-order chi connectivity index (χ0) is 15.1. The fourth-order valence-corrected chi connectivity index (χ4v) is 2.48. The lowest BCUT2D eigenvalue weighted by molar-refractivity contribution is 0.0959. The van der Waals surface area contributed by atoms with Gasteiger partial charge in [-0.25, -0.2) is 4.68 Å². The van der Waals surface area contributed by atoms with Gasteiger partial charge in [0.25, 0.3) is 5.91 Å². The molecule has 0 atom stereocenters. The quantitative estimate of drug-likeness (QED) is 0.588.